The molecule has 0 aliphatic rings. The van der Waals surface area contributed by atoms with Crippen molar-refractivity contribution in [1.29, 1.82) is 0 Å². The van der Waals surface area contributed by atoms with Crippen molar-refractivity contribution in [2.24, 2.45) is 11.5 Å². The summed E-state index contributed by atoms with van der Waals surface area (Å²) in [6.07, 6.45) is 16.3. The molecule has 5 nitrogen and oxygen atoms in total. The quantitative estimate of drug-likeness (QED) is 0.252. The maximum Gasteiger partial charge on any atom is 0.331 e. The van der Waals surface area contributed by atoms with E-state index in [-0.39, 0.29) is 19.4 Å². The van der Waals surface area contributed by atoms with E-state index in [1.807, 2.05) is 0 Å². The molecule has 0 spiro atoms. The molecule has 0 heterocycles. The number of carbonyl (C=O) groups excluding carboxylic acids is 1. The predicted octanol–water partition coefficient (Wildman–Crippen LogP) is 4.17. The molecule has 5 heteroatoms. The monoisotopic (exact) mass is 356 g/mol. The van der Waals surface area contributed by atoms with Crippen LogP contribution in [0.15, 0.2) is 0 Å². The highest BCUT2D eigenvalue weighted by molar-refractivity contribution is 6.07. The minimum Gasteiger partial charge on any atom is -0.480 e. The Kier molecular flexibility index (Phi) is 14.7. The molecule has 0 aromatic heterocycles. The third kappa shape index (κ3) is 11.3. The van der Waals surface area contributed by atoms with Crippen LogP contribution in [0, 0.1) is 0 Å². The molecule has 1 atom stereocenters. The number of carboxylic acids is 1. The first-order valence-corrected chi connectivity index (χ1v) is 10.2. The summed E-state index contributed by atoms with van der Waals surface area (Å²) in [7, 11) is 0. The molecule has 0 saturated heterocycles. The molecular formula is C20H40N2O3. The van der Waals surface area contributed by atoms with E-state index in [1.54, 1.807) is 0 Å². The van der Waals surface area contributed by atoms with Crippen LogP contribution in [-0.4, -0.2) is 28.9 Å². The number of ketones is 1. The fraction of sp³-hybridized carbons (Fsp3) is 0.900. The van der Waals surface area contributed by atoms with E-state index in [9.17, 15) is 9.59 Å². The number of rotatable bonds is 18. The lowest BCUT2D eigenvalue weighted by Crippen LogP contribution is -2.56. The van der Waals surface area contributed by atoms with Crippen molar-refractivity contribution in [3.63, 3.8) is 0 Å². The van der Waals surface area contributed by atoms with Gasteiger partial charge in [0.05, 0.1) is 0 Å². The number of aliphatic carboxylic acids is 1. The molecule has 148 valence electrons. The van der Waals surface area contributed by atoms with Gasteiger partial charge in [0.1, 0.15) is 0 Å². The Labute approximate surface area is 153 Å². The van der Waals surface area contributed by atoms with Crippen molar-refractivity contribution in [1.82, 2.24) is 0 Å². The zero-order valence-corrected chi connectivity index (χ0v) is 16.2. The zero-order valence-electron chi connectivity index (χ0n) is 16.2. The van der Waals surface area contributed by atoms with Gasteiger partial charge in [-0.15, -0.1) is 0 Å². The summed E-state index contributed by atoms with van der Waals surface area (Å²) in [5.74, 6) is -1.66. The highest BCUT2D eigenvalue weighted by atomic mass is 16.4. The van der Waals surface area contributed by atoms with Crippen LogP contribution in [0.25, 0.3) is 0 Å². The number of Topliss-reactive ketones (excluding diaryl/α,β-unsaturated/α-hetero) is 1. The predicted molar refractivity (Wildman–Crippen MR) is 104 cm³/mol. The first kappa shape index (κ1) is 24.1. The molecule has 5 N–H and O–H groups in total. The van der Waals surface area contributed by atoms with Gasteiger partial charge in [-0.1, -0.05) is 84.0 Å². The Morgan fingerprint density at radius 1 is 0.800 bits per heavy atom. The van der Waals surface area contributed by atoms with Crippen molar-refractivity contribution in [2.75, 3.05) is 6.54 Å². The smallest absolute Gasteiger partial charge is 0.331 e. The average molecular weight is 357 g/mol. The van der Waals surface area contributed by atoms with Crippen LogP contribution in [0.2, 0.25) is 0 Å². The zero-order chi connectivity index (χ0) is 19.0. The van der Waals surface area contributed by atoms with E-state index in [0.717, 1.165) is 12.8 Å². The second kappa shape index (κ2) is 15.3. The third-order valence-corrected chi connectivity index (χ3v) is 4.93. The van der Waals surface area contributed by atoms with Crippen LogP contribution in [0.5, 0.6) is 0 Å². The topological polar surface area (TPSA) is 106 Å². The normalized spacial score (nSPS) is 13.6. The van der Waals surface area contributed by atoms with Crippen LogP contribution in [-0.2, 0) is 9.59 Å². The van der Waals surface area contributed by atoms with Crippen molar-refractivity contribution < 1.29 is 14.7 Å². The molecule has 0 aliphatic carbocycles. The fourth-order valence-electron chi connectivity index (χ4n) is 3.12. The van der Waals surface area contributed by atoms with E-state index in [1.165, 1.54) is 64.2 Å². The van der Waals surface area contributed by atoms with E-state index < -0.39 is 17.3 Å². The third-order valence-electron chi connectivity index (χ3n) is 4.93. The summed E-state index contributed by atoms with van der Waals surface area (Å²) in [5.41, 5.74) is 9.28. The van der Waals surface area contributed by atoms with Gasteiger partial charge in [0.2, 0.25) is 0 Å². The van der Waals surface area contributed by atoms with Gasteiger partial charge in [-0.05, 0) is 19.4 Å². The first-order valence-electron chi connectivity index (χ1n) is 10.2. The van der Waals surface area contributed by atoms with Crippen molar-refractivity contribution in [2.45, 2.75) is 109 Å². The van der Waals surface area contributed by atoms with Gasteiger partial charge < -0.3 is 16.6 Å². The molecular weight excluding hydrogens is 316 g/mol. The molecule has 0 aromatic rings. The molecule has 0 rings (SSSR count). The number of hydrogen-bond donors (Lipinski definition) is 3. The lowest BCUT2D eigenvalue weighted by atomic mass is 9.88. The number of unbranched alkanes of at least 4 members (excludes halogenated alkanes) is 12. The summed E-state index contributed by atoms with van der Waals surface area (Å²) in [4.78, 5) is 23.2. The molecule has 0 radical (unpaired) electrons. The van der Waals surface area contributed by atoms with Crippen LogP contribution in [0.1, 0.15) is 103 Å². The number of nitrogens with two attached hydrogens (primary N) is 2. The van der Waals surface area contributed by atoms with E-state index in [0.29, 0.717) is 6.42 Å². The Bertz CT molecular complexity index is 361. The maximum atomic E-state index is 12.0. The molecule has 0 aliphatic heterocycles. The summed E-state index contributed by atoms with van der Waals surface area (Å²) in [6.45, 7) is 2.35. The lowest BCUT2D eigenvalue weighted by Gasteiger charge is -2.22. The van der Waals surface area contributed by atoms with Gasteiger partial charge in [0.15, 0.2) is 11.3 Å². The van der Waals surface area contributed by atoms with E-state index >= 15 is 0 Å². The van der Waals surface area contributed by atoms with Gasteiger partial charge in [-0.25, -0.2) is 4.79 Å². The van der Waals surface area contributed by atoms with Crippen LogP contribution in [0.3, 0.4) is 0 Å². The van der Waals surface area contributed by atoms with Crippen molar-refractivity contribution in [3.05, 3.63) is 0 Å². The summed E-state index contributed by atoms with van der Waals surface area (Å²) >= 11 is 0. The first-order chi connectivity index (χ1) is 12.0. The molecule has 25 heavy (non-hydrogen) atoms. The largest absolute Gasteiger partial charge is 0.480 e. The van der Waals surface area contributed by atoms with Crippen LogP contribution < -0.4 is 11.5 Å². The second-order valence-corrected chi connectivity index (χ2v) is 7.23. The molecule has 0 saturated carbocycles. The SMILES string of the molecule is CCCCCCCCCCCCCCCC(=O)C(N)(CCN)C(=O)O. The lowest BCUT2D eigenvalue weighted by molar-refractivity contribution is -0.148. The molecule has 0 amide bonds. The second-order valence-electron chi connectivity index (χ2n) is 7.23. The number of carbonyl (C=O) groups is 2. The standard InChI is InChI=1S/C20H40N2O3/c1-2-3-4-5-6-7-8-9-10-11-12-13-14-15-18(23)20(22,16-17-21)19(24)25/h2-17,21-22H2,1H3,(H,24,25). The highest BCUT2D eigenvalue weighted by Gasteiger charge is 2.40. The minimum absolute atomic E-state index is 0.000386. The maximum absolute atomic E-state index is 12.0. The number of hydrogen-bond acceptors (Lipinski definition) is 4. The van der Waals surface area contributed by atoms with Gasteiger partial charge in [-0.2, -0.15) is 0 Å². The number of carboxylic acid groups (broad SMARTS) is 1. The van der Waals surface area contributed by atoms with Gasteiger partial charge in [0, 0.05) is 6.42 Å². The summed E-state index contributed by atoms with van der Waals surface area (Å²) < 4.78 is 0. The van der Waals surface area contributed by atoms with E-state index in [2.05, 4.69) is 6.92 Å². The molecule has 0 fully saturated rings. The van der Waals surface area contributed by atoms with Crippen molar-refractivity contribution in [3.8, 4) is 0 Å². The fourth-order valence-corrected chi connectivity index (χ4v) is 3.12. The Morgan fingerprint density at radius 2 is 1.20 bits per heavy atom. The molecule has 1 unspecified atom stereocenters. The van der Waals surface area contributed by atoms with Crippen LogP contribution >= 0.6 is 0 Å². The minimum atomic E-state index is -1.80. The van der Waals surface area contributed by atoms with Gasteiger partial charge in [-0.3, -0.25) is 4.79 Å². The van der Waals surface area contributed by atoms with E-state index in [4.69, 9.17) is 16.6 Å². The summed E-state index contributed by atoms with van der Waals surface area (Å²) in [5, 5.41) is 9.14. The molecule has 0 bridgehead atoms. The molecule has 0 aromatic carbocycles. The Balaban J connectivity index is 3.54. The van der Waals surface area contributed by atoms with Gasteiger partial charge in [0.25, 0.3) is 0 Å². The average Bonchev–Trinajstić information content (AvgIpc) is 2.58. The van der Waals surface area contributed by atoms with Crippen LogP contribution in [0.4, 0.5) is 0 Å². The van der Waals surface area contributed by atoms with Crippen molar-refractivity contribution >= 4 is 11.8 Å². The van der Waals surface area contributed by atoms with Gasteiger partial charge >= 0.3 is 5.97 Å². The Morgan fingerprint density at radius 3 is 1.56 bits per heavy atom. The highest BCUT2D eigenvalue weighted by Crippen LogP contribution is 2.16. The Hall–Kier alpha value is -0.940. The summed E-state index contributed by atoms with van der Waals surface area (Å²) in [6, 6.07) is 0.